The van der Waals surface area contributed by atoms with Crippen LogP contribution >= 0.6 is 15.9 Å². The molecule has 76 valence electrons. The lowest BCUT2D eigenvalue weighted by Crippen LogP contribution is -1.92. The van der Waals surface area contributed by atoms with Crippen LogP contribution in [0.5, 0.6) is 0 Å². The summed E-state index contributed by atoms with van der Waals surface area (Å²) in [6.45, 7) is 0. The number of hydrogen-bond acceptors (Lipinski definition) is 2. The fraction of sp³-hybridized carbons (Fsp3) is 0.167. The third-order valence-electron chi connectivity index (χ3n) is 2.21. The maximum absolute atomic E-state index is 4.14. The van der Waals surface area contributed by atoms with Gasteiger partial charge in [0.25, 0.3) is 0 Å². The van der Waals surface area contributed by atoms with Crippen molar-refractivity contribution in [2.24, 2.45) is 0 Å². The van der Waals surface area contributed by atoms with Gasteiger partial charge < -0.3 is 0 Å². The number of nitrogens with zero attached hydrogens (tertiary/aromatic N) is 2. The van der Waals surface area contributed by atoms with Gasteiger partial charge in [-0.2, -0.15) is 0 Å². The van der Waals surface area contributed by atoms with Gasteiger partial charge in [-0.3, -0.25) is 9.97 Å². The van der Waals surface area contributed by atoms with Gasteiger partial charge in [-0.05, 0) is 58.1 Å². The molecule has 2 rings (SSSR count). The summed E-state index contributed by atoms with van der Waals surface area (Å²) in [5.41, 5.74) is 2.56. The number of pyridine rings is 2. The Morgan fingerprint density at radius 2 is 1.67 bits per heavy atom. The van der Waals surface area contributed by atoms with E-state index in [-0.39, 0.29) is 0 Å². The van der Waals surface area contributed by atoms with Gasteiger partial charge in [-0.25, -0.2) is 0 Å². The highest BCUT2D eigenvalue weighted by molar-refractivity contribution is 9.10. The summed E-state index contributed by atoms with van der Waals surface area (Å²) >= 11 is 3.42. The van der Waals surface area contributed by atoms with E-state index >= 15 is 0 Å². The average molecular weight is 263 g/mol. The minimum absolute atomic E-state index is 1.01. The summed E-state index contributed by atoms with van der Waals surface area (Å²) in [7, 11) is 0. The van der Waals surface area contributed by atoms with Gasteiger partial charge in [0.2, 0.25) is 0 Å². The molecule has 0 spiro atoms. The van der Waals surface area contributed by atoms with E-state index in [1.165, 1.54) is 11.1 Å². The van der Waals surface area contributed by atoms with Crippen LogP contribution in [-0.4, -0.2) is 9.97 Å². The summed E-state index contributed by atoms with van der Waals surface area (Å²) in [6.07, 6.45) is 9.40. The molecule has 0 aromatic carbocycles. The quantitative estimate of drug-likeness (QED) is 0.850. The molecule has 0 radical (unpaired) electrons. The predicted octanol–water partition coefficient (Wildman–Crippen LogP) is 3.02. The highest BCUT2D eigenvalue weighted by atomic mass is 79.9. The summed E-state index contributed by atoms with van der Waals surface area (Å²) in [6, 6.07) is 6.20. The molecule has 0 saturated carbocycles. The Balaban J connectivity index is 1.99. The zero-order chi connectivity index (χ0) is 10.5. The van der Waals surface area contributed by atoms with E-state index in [1.54, 1.807) is 6.20 Å². The van der Waals surface area contributed by atoms with Crippen molar-refractivity contribution >= 4 is 15.9 Å². The molecule has 0 aliphatic heterocycles. The van der Waals surface area contributed by atoms with Crippen molar-refractivity contribution in [2.45, 2.75) is 12.8 Å². The first-order valence-corrected chi connectivity index (χ1v) is 5.62. The van der Waals surface area contributed by atoms with Crippen molar-refractivity contribution in [1.29, 1.82) is 0 Å². The fourth-order valence-electron chi connectivity index (χ4n) is 1.43. The largest absolute Gasteiger partial charge is 0.265 e. The molecular formula is C12H11BrN2. The number of rotatable bonds is 3. The van der Waals surface area contributed by atoms with E-state index in [2.05, 4.69) is 32.0 Å². The van der Waals surface area contributed by atoms with E-state index in [9.17, 15) is 0 Å². The smallest absolute Gasteiger partial charge is 0.0410 e. The van der Waals surface area contributed by atoms with Gasteiger partial charge in [0.1, 0.15) is 0 Å². The Morgan fingerprint density at radius 3 is 2.40 bits per heavy atom. The molecule has 3 heteroatoms. The van der Waals surface area contributed by atoms with Crippen LogP contribution in [-0.2, 0) is 12.8 Å². The fourth-order valence-corrected chi connectivity index (χ4v) is 1.84. The first-order chi connectivity index (χ1) is 7.34. The van der Waals surface area contributed by atoms with Crippen molar-refractivity contribution in [3.63, 3.8) is 0 Å². The van der Waals surface area contributed by atoms with Crippen LogP contribution in [0.4, 0.5) is 0 Å². The summed E-state index contributed by atoms with van der Waals surface area (Å²) in [4.78, 5) is 8.13. The molecule has 0 aliphatic rings. The lowest BCUT2D eigenvalue weighted by Gasteiger charge is -2.01. The van der Waals surface area contributed by atoms with Crippen LogP contribution < -0.4 is 0 Å². The number of halogens is 1. The van der Waals surface area contributed by atoms with Gasteiger partial charge in [0.05, 0.1) is 0 Å². The Hall–Kier alpha value is -1.22. The average Bonchev–Trinajstić information content (AvgIpc) is 2.28. The first kappa shape index (κ1) is 10.3. The second kappa shape index (κ2) is 5.03. The Labute approximate surface area is 97.5 Å². The summed E-state index contributed by atoms with van der Waals surface area (Å²) < 4.78 is 1.04. The second-order valence-electron chi connectivity index (χ2n) is 3.37. The van der Waals surface area contributed by atoms with Crippen LogP contribution in [0.3, 0.4) is 0 Å². The van der Waals surface area contributed by atoms with Crippen molar-refractivity contribution in [1.82, 2.24) is 9.97 Å². The van der Waals surface area contributed by atoms with E-state index in [4.69, 9.17) is 0 Å². The molecule has 2 aromatic rings. The highest BCUT2D eigenvalue weighted by Crippen LogP contribution is 2.11. The third-order valence-corrected chi connectivity index (χ3v) is 2.65. The molecule has 15 heavy (non-hydrogen) atoms. The van der Waals surface area contributed by atoms with E-state index < -0.39 is 0 Å². The lowest BCUT2D eigenvalue weighted by atomic mass is 10.1. The van der Waals surface area contributed by atoms with Crippen molar-refractivity contribution < 1.29 is 0 Å². The van der Waals surface area contributed by atoms with Crippen LogP contribution in [0.2, 0.25) is 0 Å². The second-order valence-corrected chi connectivity index (χ2v) is 4.28. The molecule has 0 unspecified atom stereocenters. The molecule has 0 aliphatic carbocycles. The molecule has 2 heterocycles. The van der Waals surface area contributed by atoms with Gasteiger partial charge in [0.15, 0.2) is 0 Å². The lowest BCUT2D eigenvalue weighted by molar-refractivity contribution is 0.944. The zero-order valence-electron chi connectivity index (χ0n) is 8.23. The Bertz CT molecular complexity index is 429. The van der Waals surface area contributed by atoms with Crippen LogP contribution in [0, 0.1) is 0 Å². The minimum atomic E-state index is 1.01. The topological polar surface area (TPSA) is 25.8 Å². The first-order valence-electron chi connectivity index (χ1n) is 4.83. The third kappa shape index (κ3) is 3.13. The zero-order valence-corrected chi connectivity index (χ0v) is 9.81. The van der Waals surface area contributed by atoms with Gasteiger partial charge in [-0.15, -0.1) is 0 Å². The van der Waals surface area contributed by atoms with Crippen LogP contribution in [0.1, 0.15) is 11.1 Å². The monoisotopic (exact) mass is 262 g/mol. The SMILES string of the molecule is Brc1cncc(CCc2ccncc2)c1. The van der Waals surface area contributed by atoms with Crippen LogP contribution in [0.15, 0.2) is 47.5 Å². The Kier molecular flexibility index (Phi) is 3.45. The molecular weight excluding hydrogens is 252 g/mol. The molecule has 0 atom stereocenters. The highest BCUT2D eigenvalue weighted by Gasteiger charge is 1.96. The van der Waals surface area contributed by atoms with Gasteiger partial charge >= 0.3 is 0 Å². The van der Waals surface area contributed by atoms with E-state index in [0.717, 1.165) is 17.3 Å². The molecule has 0 saturated heterocycles. The van der Waals surface area contributed by atoms with Crippen molar-refractivity contribution in [3.8, 4) is 0 Å². The molecule has 0 bridgehead atoms. The molecule has 2 aromatic heterocycles. The molecule has 0 fully saturated rings. The predicted molar refractivity (Wildman–Crippen MR) is 63.6 cm³/mol. The minimum Gasteiger partial charge on any atom is -0.265 e. The van der Waals surface area contributed by atoms with Gasteiger partial charge in [-0.1, -0.05) is 0 Å². The van der Waals surface area contributed by atoms with Gasteiger partial charge in [0, 0.05) is 29.3 Å². The maximum Gasteiger partial charge on any atom is 0.0410 e. The molecule has 0 amide bonds. The number of aryl methyl sites for hydroxylation is 2. The van der Waals surface area contributed by atoms with E-state index in [0.29, 0.717) is 0 Å². The van der Waals surface area contributed by atoms with E-state index in [1.807, 2.05) is 30.7 Å². The molecule has 2 nitrogen and oxygen atoms in total. The van der Waals surface area contributed by atoms with Crippen molar-refractivity contribution in [3.05, 3.63) is 58.6 Å². The normalized spacial score (nSPS) is 10.2. The maximum atomic E-state index is 4.14. The Morgan fingerprint density at radius 1 is 0.933 bits per heavy atom. The number of aromatic nitrogens is 2. The number of hydrogen-bond donors (Lipinski definition) is 0. The van der Waals surface area contributed by atoms with Crippen molar-refractivity contribution in [2.75, 3.05) is 0 Å². The van der Waals surface area contributed by atoms with Crippen LogP contribution in [0.25, 0.3) is 0 Å². The summed E-state index contributed by atoms with van der Waals surface area (Å²) in [5.74, 6) is 0. The summed E-state index contributed by atoms with van der Waals surface area (Å²) in [5, 5.41) is 0. The standard InChI is InChI=1S/C12H11BrN2/c13-12-7-11(8-15-9-12)2-1-10-3-5-14-6-4-10/h3-9H,1-2H2. The molecule has 0 N–H and O–H groups in total.